The van der Waals surface area contributed by atoms with Crippen LogP contribution >= 0.6 is 0 Å². The van der Waals surface area contributed by atoms with Crippen molar-refractivity contribution in [2.75, 3.05) is 13.1 Å². The van der Waals surface area contributed by atoms with Crippen molar-refractivity contribution in [3.63, 3.8) is 0 Å². The van der Waals surface area contributed by atoms with Gasteiger partial charge in [-0.2, -0.15) is 0 Å². The third-order valence-corrected chi connectivity index (χ3v) is 2.82. The predicted octanol–water partition coefficient (Wildman–Crippen LogP) is 0.0358. The summed E-state index contributed by atoms with van der Waals surface area (Å²) in [7, 11) is 0. The summed E-state index contributed by atoms with van der Waals surface area (Å²) in [6, 6.07) is 0. The highest BCUT2D eigenvalue weighted by Crippen LogP contribution is 2.37. The second kappa shape index (κ2) is 5.49. The predicted molar refractivity (Wildman–Crippen MR) is 64.2 cm³/mol. The van der Waals surface area contributed by atoms with E-state index in [2.05, 4.69) is 10.6 Å². The lowest BCUT2D eigenvalue weighted by Gasteiger charge is -2.17. The van der Waals surface area contributed by atoms with E-state index in [0.29, 0.717) is 12.5 Å². The van der Waals surface area contributed by atoms with Gasteiger partial charge in [0.1, 0.15) is 0 Å². The van der Waals surface area contributed by atoms with E-state index in [4.69, 9.17) is 0 Å². The Morgan fingerprint density at radius 1 is 1.35 bits per heavy atom. The summed E-state index contributed by atoms with van der Waals surface area (Å²) in [4.78, 5) is 22.8. The van der Waals surface area contributed by atoms with E-state index in [1.165, 1.54) is 0 Å². The molecule has 1 aliphatic carbocycles. The van der Waals surface area contributed by atoms with Crippen molar-refractivity contribution < 1.29 is 14.7 Å². The SMILES string of the molecule is CC1CC1C(=O)NCCC(=O)NCC(C)(C)O. The summed E-state index contributed by atoms with van der Waals surface area (Å²) in [5.41, 5.74) is -0.900. The van der Waals surface area contributed by atoms with Crippen LogP contribution in [0.5, 0.6) is 0 Å². The summed E-state index contributed by atoms with van der Waals surface area (Å²) >= 11 is 0. The fourth-order valence-electron chi connectivity index (χ4n) is 1.52. The largest absolute Gasteiger partial charge is 0.389 e. The Morgan fingerprint density at radius 3 is 2.41 bits per heavy atom. The number of carbonyl (C=O) groups is 2. The van der Waals surface area contributed by atoms with E-state index in [0.717, 1.165) is 6.42 Å². The molecule has 0 radical (unpaired) electrons. The van der Waals surface area contributed by atoms with Gasteiger partial charge < -0.3 is 15.7 Å². The monoisotopic (exact) mass is 242 g/mol. The molecule has 98 valence electrons. The Kier molecular flexibility index (Phi) is 4.51. The molecule has 0 saturated heterocycles. The third kappa shape index (κ3) is 5.68. The van der Waals surface area contributed by atoms with Crippen LogP contribution in [-0.4, -0.2) is 35.6 Å². The first kappa shape index (κ1) is 14.0. The van der Waals surface area contributed by atoms with Crippen LogP contribution in [-0.2, 0) is 9.59 Å². The zero-order chi connectivity index (χ0) is 13.1. The Morgan fingerprint density at radius 2 is 1.94 bits per heavy atom. The molecule has 2 unspecified atom stereocenters. The van der Waals surface area contributed by atoms with E-state index in [9.17, 15) is 14.7 Å². The van der Waals surface area contributed by atoms with Gasteiger partial charge >= 0.3 is 0 Å². The van der Waals surface area contributed by atoms with Crippen LogP contribution in [0.3, 0.4) is 0 Å². The quantitative estimate of drug-likeness (QED) is 0.615. The molecule has 1 fully saturated rings. The lowest BCUT2D eigenvalue weighted by Crippen LogP contribution is -2.39. The maximum Gasteiger partial charge on any atom is 0.223 e. The first-order valence-corrected chi connectivity index (χ1v) is 6.06. The normalized spacial score (nSPS) is 23.1. The van der Waals surface area contributed by atoms with E-state index in [1.54, 1.807) is 13.8 Å². The van der Waals surface area contributed by atoms with Gasteiger partial charge in [-0.3, -0.25) is 9.59 Å². The van der Waals surface area contributed by atoms with Gasteiger partial charge in [0.25, 0.3) is 0 Å². The first-order valence-electron chi connectivity index (χ1n) is 6.06. The lowest BCUT2D eigenvalue weighted by atomic mass is 10.1. The number of carbonyl (C=O) groups excluding carboxylic acids is 2. The summed E-state index contributed by atoms with van der Waals surface area (Å²) in [6.07, 6.45) is 1.21. The molecule has 0 aromatic carbocycles. The van der Waals surface area contributed by atoms with Crippen LogP contribution in [0.1, 0.15) is 33.6 Å². The topological polar surface area (TPSA) is 78.4 Å². The fourth-order valence-corrected chi connectivity index (χ4v) is 1.52. The number of hydrogen-bond donors (Lipinski definition) is 3. The Bertz CT molecular complexity index is 297. The molecule has 5 heteroatoms. The van der Waals surface area contributed by atoms with E-state index >= 15 is 0 Å². The zero-order valence-corrected chi connectivity index (χ0v) is 10.7. The van der Waals surface area contributed by atoms with Crippen molar-refractivity contribution >= 4 is 11.8 Å². The minimum absolute atomic E-state index is 0.0489. The molecule has 1 aliphatic rings. The summed E-state index contributed by atoms with van der Waals surface area (Å²) in [5.74, 6) is 0.525. The average Bonchev–Trinajstić information content (AvgIpc) is 2.91. The van der Waals surface area contributed by atoms with Crippen LogP contribution in [0.15, 0.2) is 0 Å². The molecule has 0 heterocycles. The highest BCUT2D eigenvalue weighted by atomic mass is 16.3. The zero-order valence-electron chi connectivity index (χ0n) is 10.7. The molecule has 1 rings (SSSR count). The van der Waals surface area contributed by atoms with E-state index in [-0.39, 0.29) is 30.7 Å². The Hall–Kier alpha value is -1.10. The van der Waals surface area contributed by atoms with Crippen molar-refractivity contribution in [1.82, 2.24) is 10.6 Å². The smallest absolute Gasteiger partial charge is 0.223 e. The molecule has 17 heavy (non-hydrogen) atoms. The number of aliphatic hydroxyl groups is 1. The van der Waals surface area contributed by atoms with Crippen LogP contribution in [0.4, 0.5) is 0 Å². The Labute approximate surface area is 102 Å². The first-order chi connectivity index (χ1) is 7.79. The van der Waals surface area contributed by atoms with Crippen molar-refractivity contribution in [2.24, 2.45) is 11.8 Å². The molecular formula is C12H22N2O3. The Balaban J connectivity index is 2.06. The van der Waals surface area contributed by atoms with Gasteiger partial charge in [0.2, 0.25) is 11.8 Å². The molecule has 0 spiro atoms. The molecule has 2 amide bonds. The molecule has 0 bridgehead atoms. The molecule has 1 saturated carbocycles. The van der Waals surface area contributed by atoms with E-state index in [1.807, 2.05) is 6.92 Å². The summed E-state index contributed by atoms with van der Waals surface area (Å²) in [5, 5.41) is 14.8. The van der Waals surface area contributed by atoms with Gasteiger partial charge in [-0.25, -0.2) is 0 Å². The molecule has 0 aromatic heterocycles. The summed E-state index contributed by atoms with van der Waals surface area (Å²) < 4.78 is 0. The number of nitrogens with one attached hydrogen (secondary N) is 2. The van der Waals surface area contributed by atoms with Crippen LogP contribution in [0.2, 0.25) is 0 Å². The van der Waals surface area contributed by atoms with Gasteiger partial charge in [-0.05, 0) is 26.2 Å². The van der Waals surface area contributed by atoms with Gasteiger partial charge in [-0.15, -0.1) is 0 Å². The minimum atomic E-state index is -0.900. The molecule has 0 aromatic rings. The molecule has 2 atom stereocenters. The second-order valence-corrected chi connectivity index (χ2v) is 5.45. The van der Waals surface area contributed by atoms with Gasteiger partial charge in [0.05, 0.1) is 5.60 Å². The van der Waals surface area contributed by atoms with Crippen molar-refractivity contribution in [3.05, 3.63) is 0 Å². The van der Waals surface area contributed by atoms with Crippen LogP contribution < -0.4 is 10.6 Å². The molecule has 3 N–H and O–H groups in total. The number of amides is 2. The number of hydrogen-bond acceptors (Lipinski definition) is 3. The van der Waals surface area contributed by atoms with E-state index < -0.39 is 5.60 Å². The third-order valence-electron chi connectivity index (χ3n) is 2.82. The molecule has 0 aliphatic heterocycles. The number of rotatable bonds is 6. The highest BCUT2D eigenvalue weighted by Gasteiger charge is 2.38. The maximum absolute atomic E-state index is 11.4. The van der Waals surface area contributed by atoms with Crippen LogP contribution in [0, 0.1) is 11.8 Å². The fraction of sp³-hybridized carbons (Fsp3) is 0.833. The molecule has 5 nitrogen and oxygen atoms in total. The summed E-state index contributed by atoms with van der Waals surface area (Å²) in [6.45, 7) is 5.88. The second-order valence-electron chi connectivity index (χ2n) is 5.45. The van der Waals surface area contributed by atoms with Gasteiger partial charge in [0, 0.05) is 25.4 Å². The standard InChI is InChI=1S/C12H22N2O3/c1-8-6-9(8)11(16)13-5-4-10(15)14-7-12(2,3)17/h8-9,17H,4-7H2,1-3H3,(H,13,16)(H,14,15). The highest BCUT2D eigenvalue weighted by molar-refractivity contribution is 5.82. The van der Waals surface area contributed by atoms with Crippen molar-refractivity contribution in [2.45, 2.75) is 39.2 Å². The van der Waals surface area contributed by atoms with Gasteiger partial charge in [-0.1, -0.05) is 6.92 Å². The van der Waals surface area contributed by atoms with Gasteiger partial charge in [0.15, 0.2) is 0 Å². The van der Waals surface area contributed by atoms with Crippen molar-refractivity contribution in [1.29, 1.82) is 0 Å². The maximum atomic E-state index is 11.4. The molecular weight excluding hydrogens is 220 g/mol. The minimum Gasteiger partial charge on any atom is -0.389 e. The average molecular weight is 242 g/mol. The van der Waals surface area contributed by atoms with Crippen LogP contribution in [0.25, 0.3) is 0 Å². The lowest BCUT2D eigenvalue weighted by molar-refractivity contribution is -0.123. The van der Waals surface area contributed by atoms with Crippen molar-refractivity contribution in [3.8, 4) is 0 Å².